The zero-order valence-corrected chi connectivity index (χ0v) is 21.0. The number of hydrogen-bond acceptors (Lipinski definition) is 3. The van der Waals surface area contributed by atoms with Crippen molar-refractivity contribution in [3.8, 4) is 16.9 Å². The van der Waals surface area contributed by atoms with Crippen molar-refractivity contribution >= 4 is 5.97 Å². The Bertz CT molecular complexity index is 975. The largest absolute Gasteiger partial charge is 0.487 e. The van der Waals surface area contributed by atoms with E-state index in [4.69, 9.17) is 4.74 Å². The molecule has 32 heavy (non-hydrogen) atoms. The average molecular weight is 438 g/mol. The zero-order chi connectivity index (χ0) is 23.8. The number of aliphatic carboxylic acids is 1. The molecule has 1 aliphatic heterocycles. The molecule has 0 bridgehead atoms. The monoisotopic (exact) mass is 437 g/mol. The lowest BCUT2D eigenvalue weighted by Gasteiger charge is -2.44. The number of rotatable bonds is 7. The summed E-state index contributed by atoms with van der Waals surface area (Å²) < 4.78 is 6.58. The molecule has 0 aliphatic carbocycles. The van der Waals surface area contributed by atoms with Crippen LogP contribution in [0.4, 0.5) is 0 Å². The molecule has 1 N–H and O–H groups in total. The standard InChI is InChI=1S/C28H39NO3/c1-9-18(2)29(8)16-23-14-22(21-12-10-20(11-13-21)19(3)26(30)31)15-24-25(23)32-28(6,7)17-27(24,4)5/h10-15,18-19H,9,16-17H2,1-8H3,(H,30,31). The molecule has 2 atom stereocenters. The minimum absolute atomic E-state index is 0.00541. The quantitative estimate of drug-likeness (QED) is 0.529. The Labute approximate surface area is 193 Å². The third kappa shape index (κ3) is 5.01. The molecule has 4 heteroatoms. The first-order chi connectivity index (χ1) is 14.8. The van der Waals surface area contributed by atoms with Gasteiger partial charge in [-0.2, -0.15) is 0 Å². The van der Waals surface area contributed by atoms with E-state index in [9.17, 15) is 9.90 Å². The van der Waals surface area contributed by atoms with Crippen LogP contribution >= 0.6 is 0 Å². The van der Waals surface area contributed by atoms with Crippen molar-refractivity contribution in [3.05, 3.63) is 53.1 Å². The van der Waals surface area contributed by atoms with Gasteiger partial charge in [0.2, 0.25) is 0 Å². The predicted molar refractivity (Wildman–Crippen MR) is 131 cm³/mol. The number of fused-ring (bicyclic) bond motifs is 1. The van der Waals surface area contributed by atoms with Crippen molar-refractivity contribution < 1.29 is 14.6 Å². The number of nitrogens with zero attached hydrogens (tertiary/aromatic N) is 1. The second kappa shape index (κ2) is 8.90. The highest BCUT2D eigenvalue weighted by Gasteiger charge is 2.40. The highest BCUT2D eigenvalue weighted by molar-refractivity contribution is 5.76. The summed E-state index contributed by atoms with van der Waals surface area (Å²) in [5.41, 5.74) is 5.32. The Balaban J connectivity index is 2.10. The van der Waals surface area contributed by atoms with Gasteiger partial charge in [0.15, 0.2) is 0 Å². The lowest BCUT2D eigenvalue weighted by Crippen LogP contribution is -2.42. The second-order valence-corrected chi connectivity index (χ2v) is 10.8. The van der Waals surface area contributed by atoms with Crippen molar-refractivity contribution in [2.45, 2.75) is 90.8 Å². The molecular formula is C28H39NO3. The van der Waals surface area contributed by atoms with Crippen molar-refractivity contribution in [2.24, 2.45) is 0 Å². The molecule has 0 saturated heterocycles. The highest BCUT2D eigenvalue weighted by atomic mass is 16.5. The molecule has 4 nitrogen and oxygen atoms in total. The molecule has 2 aromatic carbocycles. The van der Waals surface area contributed by atoms with E-state index >= 15 is 0 Å². The molecule has 1 aliphatic rings. The first-order valence-corrected chi connectivity index (χ1v) is 11.7. The van der Waals surface area contributed by atoms with Gasteiger partial charge in [0.25, 0.3) is 0 Å². The summed E-state index contributed by atoms with van der Waals surface area (Å²) in [5.74, 6) is -0.286. The third-order valence-electron chi connectivity index (χ3n) is 7.02. The van der Waals surface area contributed by atoms with Gasteiger partial charge >= 0.3 is 5.97 Å². The van der Waals surface area contributed by atoms with Crippen molar-refractivity contribution in [3.63, 3.8) is 0 Å². The van der Waals surface area contributed by atoms with Crippen LogP contribution in [0.15, 0.2) is 36.4 Å². The fourth-order valence-electron chi connectivity index (χ4n) is 4.91. The van der Waals surface area contributed by atoms with Crippen LogP contribution in [-0.2, 0) is 16.8 Å². The maximum Gasteiger partial charge on any atom is 0.310 e. The van der Waals surface area contributed by atoms with Crippen molar-refractivity contribution in [1.82, 2.24) is 4.90 Å². The van der Waals surface area contributed by atoms with Crippen LogP contribution in [0.2, 0.25) is 0 Å². The van der Waals surface area contributed by atoms with Gasteiger partial charge in [-0.3, -0.25) is 9.69 Å². The molecule has 0 aromatic heterocycles. The number of hydrogen-bond donors (Lipinski definition) is 1. The molecule has 0 saturated carbocycles. The molecule has 1 heterocycles. The minimum Gasteiger partial charge on any atom is -0.487 e. The van der Waals surface area contributed by atoms with E-state index in [-0.39, 0.29) is 11.0 Å². The fourth-order valence-corrected chi connectivity index (χ4v) is 4.91. The summed E-state index contributed by atoms with van der Waals surface area (Å²) in [5, 5.41) is 9.32. The smallest absolute Gasteiger partial charge is 0.310 e. The van der Waals surface area contributed by atoms with Gasteiger partial charge in [-0.1, -0.05) is 45.0 Å². The van der Waals surface area contributed by atoms with Gasteiger partial charge in [0.05, 0.1) is 5.92 Å². The normalized spacial score (nSPS) is 18.5. The van der Waals surface area contributed by atoms with Crippen molar-refractivity contribution in [1.29, 1.82) is 0 Å². The van der Waals surface area contributed by atoms with Crippen LogP contribution in [0.5, 0.6) is 5.75 Å². The zero-order valence-electron chi connectivity index (χ0n) is 21.0. The molecule has 2 aromatic rings. The summed E-state index contributed by atoms with van der Waals surface area (Å²) >= 11 is 0. The van der Waals surface area contributed by atoms with E-state index in [0.29, 0.717) is 6.04 Å². The number of ether oxygens (including phenoxy) is 1. The summed E-state index contributed by atoms with van der Waals surface area (Å²) in [7, 11) is 2.18. The summed E-state index contributed by atoms with van der Waals surface area (Å²) in [4.78, 5) is 13.7. The SMILES string of the molecule is CCC(C)N(C)Cc1cc(-c2ccc(C(C)C(=O)O)cc2)cc2c1OC(C)(C)CC2(C)C. The van der Waals surface area contributed by atoms with E-state index < -0.39 is 11.9 Å². The van der Waals surface area contributed by atoms with Gasteiger partial charge in [-0.25, -0.2) is 0 Å². The Hall–Kier alpha value is -2.33. The summed E-state index contributed by atoms with van der Waals surface area (Å²) in [6.07, 6.45) is 2.05. The van der Waals surface area contributed by atoms with Gasteiger partial charge in [0, 0.05) is 23.7 Å². The van der Waals surface area contributed by atoms with E-state index in [1.165, 1.54) is 11.1 Å². The van der Waals surface area contributed by atoms with Crippen LogP contribution in [0.3, 0.4) is 0 Å². The molecule has 174 valence electrons. The Morgan fingerprint density at radius 1 is 1.09 bits per heavy atom. The minimum atomic E-state index is -0.802. The first kappa shape index (κ1) is 24.3. The van der Waals surface area contributed by atoms with E-state index in [1.807, 2.05) is 24.3 Å². The van der Waals surface area contributed by atoms with Crippen molar-refractivity contribution in [2.75, 3.05) is 7.05 Å². The average Bonchev–Trinajstić information content (AvgIpc) is 2.71. The molecule has 0 radical (unpaired) electrons. The lowest BCUT2D eigenvalue weighted by molar-refractivity contribution is -0.138. The first-order valence-electron chi connectivity index (χ1n) is 11.7. The highest BCUT2D eigenvalue weighted by Crippen LogP contribution is 2.48. The Morgan fingerprint density at radius 2 is 1.72 bits per heavy atom. The topological polar surface area (TPSA) is 49.8 Å². The number of carbonyl (C=O) groups is 1. The molecule has 2 unspecified atom stereocenters. The lowest BCUT2D eigenvalue weighted by atomic mass is 9.72. The van der Waals surface area contributed by atoms with Gasteiger partial charge in [-0.05, 0) is 81.8 Å². The molecule has 0 amide bonds. The van der Waals surface area contributed by atoms with E-state index in [2.05, 4.69) is 65.6 Å². The molecule has 0 fully saturated rings. The van der Waals surface area contributed by atoms with Gasteiger partial charge in [-0.15, -0.1) is 0 Å². The van der Waals surface area contributed by atoms with Gasteiger partial charge in [0.1, 0.15) is 11.4 Å². The van der Waals surface area contributed by atoms with E-state index in [1.54, 1.807) is 6.92 Å². The Morgan fingerprint density at radius 3 is 2.28 bits per heavy atom. The number of carboxylic acid groups (broad SMARTS) is 1. The molecular weight excluding hydrogens is 398 g/mol. The number of benzene rings is 2. The summed E-state index contributed by atoms with van der Waals surface area (Å²) in [6, 6.07) is 13.0. The number of carboxylic acids is 1. The molecule has 3 rings (SSSR count). The third-order valence-corrected chi connectivity index (χ3v) is 7.02. The Kier molecular flexibility index (Phi) is 6.76. The van der Waals surface area contributed by atoms with Gasteiger partial charge < -0.3 is 9.84 Å². The maximum atomic E-state index is 11.3. The fraction of sp³-hybridized carbons (Fsp3) is 0.536. The molecule has 0 spiro atoms. The second-order valence-electron chi connectivity index (χ2n) is 10.8. The summed E-state index contributed by atoms with van der Waals surface area (Å²) in [6.45, 7) is 16.0. The van der Waals surface area contributed by atoms with Crippen LogP contribution in [-0.4, -0.2) is 34.7 Å². The van der Waals surface area contributed by atoms with Crippen LogP contribution < -0.4 is 4.74 Å². The van der Waals surface area contributed by atoms with E-state index in [0.717, 1.165) is 41.8 Å². The predicted octanol–water partition coefficient (Wildman–Crippen LogP) is 6.61. The van der Waals surface area contributed by atoms with Crippen LogP contribution in [0.1, 0.15) is 83.9 Å². The van der Waals surface area contributed by atoms with Crippen LogP contribution in [0.25, 0.3) is 11.1 Å². The maximum absolute atomic E-state index is 11.3. The van der Waals surface area contributed by atoms with Crippen LogP contribution in [0, 0.1) is 0 Å².